The zero-order valence-corrected chi connectivity index (χ0v) is 20.3. The Kier molecular flexibility index (Phi) is 8.56. The third-order valence-corrected chi connectivity index (χ3v) is 6.36. The van der Waals surface area contributed by atoms with Crippen molar-refractivity contribution in [1.82, 2.24) is 0 Å². The molecule has 0 spiro atoms. The topological polar surface area (TPSA) is 55.4 Å². The van der Waals surface area contributed by atoms with Crippen molar-refractivity contribution in [2.24, 2.45) is 0 Å². The van der Waals surface area contributed by atoms with Crippen LogP contribution in [0.15, 0.2) is 97.1 Å². The van der Waals surface area contributed by atoms with Gasteiger partial charge in [-0.1, -0.05) is 97.1 Å². The summed E-state index contributed by atoms with van der Waals surface area (Å²) in [5, 5.41) is 0. The summed E-state index contributed by atoms with van der Waals surface area (Å²) in [6, 6.07) is 30.2. The molecule has 0 radical (unpaired) electrons. The third kappa shape index (κ3) is 6.28. The summed E-state index contributed by atoms with van der Waals surface area (Å²) < 4.78 is 37.1. The maximum absolute atomic E-state index is 6.49. The van der Waals surface area contributed by atoms with Crippen LogP contribution in [0.25, 0.3) is 6.08 Å². The standard InChI is InChI=1S/C30H32O6/c1-31-30-29(34-20-24-15-9-4-10-16-24)28(33-19-23-13-7-3-8-14-23)27-25(35-30)21-32-26(36-27)18-17-22-11-5-2-6-12-22/h2-18,25-30H,19-21H2,1H3/b18-17+/t25-,26-,27-,28+,29-,30+/m1/s1. The Morgan fingerprint density at radius 1 is 0.750 bits per heavy atom. The fourth-order valence-corrected chi connectivity index (χ4v) is 4.50. The van der Waals surface area contributed by atoms with E-state index in [-0.39, 0.29) is 12.2 Å². The largest absolute Gasteiger partial charge is 0.368 e. The van der Waals surface area contributed by atoms with E-state index in [0.29, 0.717) is 19.8 Å². The number of hydrogen-bond acceptors (Lipinski definition) is 6. The first-order valence-corrected chi connectivity index (χ1v) is 12.3. The molecule has 2 aliphatic rings. The molecule has 5 rings (SSSR count). The van der Waals surface area contributed by atoms with Crippen LogP contribution in [0.5, 0.6) is 0 Å². The second-order valence-corrected chi connectivity index (χ2v) is 8.87. The molecule has 2 saturated heterocycles. The second-order valence-electron chi connectivity index (χ2n) is 8.87. The van der Waals surface area contributed by atoms with Gasteiger partial charge in [-0.15, -0.1) is 0 Å². The number of fused-ring (bicyclic) bond motifs is 1. The minimum atomic E-state index is -0.612. The molecule has 0 amide bonds. The normalized spacial score (nSPS) is 28.1. The van der Waals surface area contributed by atoms with Gasteiger partial charge in [-0.25, -0.2) is 0 Å². The molecule has 2 heterocycles. The van der Waals surface area contributed by atoms with Crippen molar-refractivity contribution >= 4 is 6.08 Å². The Hall–Kier alpha value is -2.84. The van der Waals surface area contributed by atoms with E-state index in [1.165, 1.54) is 0 Å². The molecule has 2 fully saturated rings. The highest BCUT2D eigenvalue weighted by atomic mass is 16.8. The Morgan fingerprint density at radius 3 is 1.94 bits per heavy atom. The highest BCUT2D eigenvalue weighted by Crippen LogP contribution is 2.33. The number of rotatable bonds is 9. The number of methoxy groups -OCH3 is 1. The Bertz CT molecular complexity index is 1070. The van der Waals surface area contributed by atoms with Crippen molar-refractivity contribution < 1.29 is 28.4 Å². The van der Waals surface area contributed by atoms with Gasteiger partial charge in [-0.2, -0.15) is 0 Å². The van der Waals surface area contributed by atoms with Gasteiger partial charge in [0.2, 0.25) is 0 Å². The molecule has 188 valence electrons. The van der Waals surface area contributed by atoms with E-state index in [2.05, 4.69) is 0 Å². The summed E-state index contributed by atoms with van der Waals surface area (Å²) in [5.74, 6) is 0. The Morgan fingerprint density at radius 2 is 1.33 bits per heavy atom. The van der Waals surface area contributed by atoms with Crippen molar-refractivity contribution in [3.8, 4) is 0 Å². The minimum absolute atomic E-state index is 0.339. The van der Waals surface area contributed by atoms with Crippen LogP contribution in [0.1, 0.15) is 16.7 Å². The first-order chi connectivity index (χ1) is 17.8. The van der Waals surface area contributed by atoms with Crippen molar-refractivity contribution in [3.05, 3.63) is 114 Å². The van der Waals surface area contributed by atoms with Crippen LogP contribution in [-0.2, 0) is 41.6 Å². The van der Waals surface area contributed by atoms with Gasteiger partial charge in [0.05, 0.1) is 19.8 Å². The minimum Gasteiger partial charge on any atom is -0.368 e. The van der Waals surface area contributed by atoms with Gasteiger partial charge in [-0.05, 0) is 22.8 Å². The summed E-state index contributed by atoms with van der Waals surface area (Å²) in [5.41, 5.74) is 3.21. The third-order valence-electron chi connectivity index (χ3n) is 6.36. The van der Waals surface area contributed by atoms with Gasteiger partial charge in [-0.3, -0.25) is 0 Å². The average Bonchev–Trinajstić information content (AvgIpc) is 2.95. The van der Waals surface area contributed by atoms with Gasteiger partial charge in [0.25, 0.3) is 0 Å². The van der Waals surface area contributed by atoms with Crippen LogP contribution in [0, 0.1) is 0 Å². The predicted molar refractivity (Wildman–Crippen MR) is 136 cm³/mol. The average molecular weight is 489 g/mol. The molecule has 36 heavy (non-hydrogen) atoms. The smallest absolute Gasteiger partial charge is 0.186 e. The van der Waals surface area contributed by atoms with E-state index in [4.69, 9.17) is 28.4 Å². The molecule has 0 N–H and O–H groups in total. The van der Waals surface area contributed by atoms with E-state index < -0.39 is 24.8 Å². The molecule has 0 unspecified atom stereocenters. The predicted octanol–water partition coefficient (Wildman–Crippen LogP) is 4.98. The molecule has 3 aromatic carbocycles. The molecule has 3 aromatic rings. The molecular weight excluding hydrogens is 456 g/mol. The molecule has 0 bridgehead atoms. The van der Waals surface area contributed by atoms with E-state index in [1.54, 1.807) is 7.11 Å². The molecule has 6 atom stereocenters. The second kappa shape index (κ2) is 12.4. The van der Waals surface area contributed by atoms with Crippen molar-refractivity contribution in [2.75, 3.05) is 13.7 Å². The van der Waals surface area contributed by atoms with E-state index in [0.717, 1.165) is 16.7 Å². The van der Waals surface area contributed by atoms with Crippen LogP contribution >= 0.6 is 0 Å². The first kappa shape index (κ1) is 24.8. The summed E-state index contributed by atoms with van der Waals surface area (Å²) >= 11 is 0. The summed E-state index contributed by atoms with van der Waals surface area (Å²) in [7, 11) is 1.62. The Balaban J connectivity index is 1.35. The van der Waals surface area contributed by atoms with E-state index in [9.17, 15) is 0 Å². The maximum Gasteiger partial charge on any atom is 0.186 e. The lowest BCUT2D eigenvalue weighted by Gasteiger charge is -2.48. The molecule has 0 saturated carbocycles. The van der Waals surface area contributed by atoms with Crippen molar-refractivity contribution in [1.29, 1.82) is 0 Å². The van der Waals surface area contributed by atoms with E-state index >= 15 is 0 Å². The van der Waals surface area contributed by atoms with Crippen LogP contribution in [0.2, 0.25) is 0 Å². The lowest BCUT2D eigenvalue weighted by molar-refractivity contribution is -0.360. The van der Waals surface area contributed by atoms with Crippen LogP contribution < -0.4 is 0 Å². The summed E-state index contributed by atoms with van der Waals surface area (Å²) in [6.07, 6.45) is 1.14. The van der Waals surface area contributed by atoms with Gasteiger partial charge >= 0.3 is 0 Å². The molecule has 6 heteroatoms. The molecule has 0 aliphatic carbocycles. The monoisotopic (exact) mass is 488 g/mol. The van der Waals surface area contributed by atoms with Gasteiger partial charge < -0.3 is 28.4 Å². The highest BCUT2D eigenvalue weighted by Gasteiger charge is 2.51. The number of benzene rings is 3. The molecule has 0 aromatic heterocycles. The fourth-order valence-electron chi connectivity index (χ4n) is 4.50. The maximum atomic E-state index is 6.49. The molecular formula is C30H32O6. The van der Waals surface area contributed by atoms with Crippen molar-refractivity contribution in [2.45, 2.75) is 50.2 Å². The SMILES string of the molecule is CO[C@H]1O[C@@H]2CO[C@@H](/C=C/c3ccccc3)O[C@H]2[C@H](OCc2ccccc2)[C@H]1OCc1ccccc1. The summed E-state index contributed by atoms with van der Waals surface area (Å²) in [4.78, 5) is 0. The van der Waals surface area contributed by atoms with Crippen LogP contribution in [0.4, 0.5) is 0 Å². The lowest BCUT2D eigenvalue weighted by Crippen LogP contribution is -2.64. The highest BCUT2D eigenvalue weighted by molar-refractivity contribution is 5.49. The molecule has 6 nitrogen and oxygen atoms in total. The lowest BCUT2D eigenvalue weighted by atomic mass is 9.97. The van der Waals surface area contributed by atoms with Crippen molar-refractivity contribution in [3.63, 3.8) is 0 Å². The first-order valence-electron chi connectivity index (χ1n) is 12.3. The van der Waals surface area contributed by atoms with E-state index in [1.807, 2.05) is 103 Å². The molecule has 2 aliphatic heterocycles. The zero-order valence-electron chi connectivity index (χ0n) is 20.3. The zero-order chi connectivity index (χ0) is 24.6. The Labute approximate surface area is 212 Å². The van der Waals surface area contributed by atoms with Gasteiger partial charge in [0.1, 0.15) is 24.4 Å². The fraction of sp³-hybridized carbons (Fsp3) is 0.333. The quantitative estimate of drug-likeness (QED) is 0.423. The van der Waals surface area contributed by atoms with Gasteiger partial charge in [0.15, 0.2) is 12.6 Å². The summed E-state index contributed by atoms with van der Waals surface area (Å²) in [6.45, 7) is 1.20. The number of hydrogen-bond donors (Lipinski definition) is 0. The van der Waals surface area contributed by atoms with Crippen LogP contribution in [0.3, 0.4) is 0 Å². The number of ether oxygens (including phenoxy) is 6. The van der Waals surface area contributed by atoms with Crippen LogP contribution in [-0.4, -0.2) is 50.7 Å². The van der Waals surface area contributed by atoms with Gasteiger partial charge in [0, 0.05) is 7.11 Å².